The number of hydrogen-bond acceptors (Lipinski definition) is 3. The maximum absolute atomic E-state index is 11.0. The molecule has 1 rings (SSSR count). The van der Waals surface area contributed by atoms with Crippen LogP contribution in [-0.4, -0.2) is 16.2 Å². The molecule has 0 bridgehead atoms. The summed E-state index contributed by atoms with van der Waals surface area (Å²) in [5.41, 5.74) is -0.287. The fourth-order valence-corrected chi connectivity index (χ4v) is 1.02. The minimum absolute atomic E-state index is 0.183. The maximum Gasteiger partial charge on any atom is 0.311 e. The molecule has 0 amide bonds. The number of aryl methyl sites for hydroxylation is 1. The topological polar surface area (TPSA) is 83.3 Å². The Hall–Kier alpha value is -1.52. The van der Waals surface area contributed by atoms with Crippen LogP contribution in [0.4, 0.5) is 0 Å². The number of carbonyl (C=O) groups is 1. The van der Waals surface area contributed by atoms with Gasteiger partial charge >= 0.3 is 5.97 Å². The molecule has 0 unspecified atom stereocenters. The molecule has 1 atom stereocenters. The lowest BCUT2D eigenvalue weighted by molar-refractivity contribution is -0.138. The van der Waals surface area contributed by atoms with Crippen LogP contribution >= 0.6 is 0 Å². The van der Waals surface area contributed by atoms with E-state index in [0.29, 0.717) is 5.76 Å². The third-order valence-corrected chi connectivity index (χ3v) is 1.72. The van der Waals surface area contributed by atoms with Crippen molar-refractivity contribution in [2.24, 2.45) is 0 Å². The Morgan fingerprint density at radius 2 is 2.25 bits per heavy atom. The molecule has 0 saturated heterocycles. The minimum atomic E-state index is -1.04. The maximum atomic E-state index is 11.0. The molecule has 0 aliphatic carbocycles. The fraction of sp³-hybridized carbons (Fsp3) is 0.429. The summed E-state index contributed by atoms with van der Waals surface area (Å²) < 4.78 is 4.67. The number of carboxylic acid groups (broad SMARTS) is 1. The molecule has 1 aromatic rings. The second kappa shape index (κ2) is 2.84. The summed E-state index contributed by atoms with van der Waals surface area (Å²) in [4.78, 5) is 21.5. The Morgan fingerprint density at radius 1 is 1.67 bits per heavy atom. The molecule has 0 fully saturated rings. The highest BCUT2D eigenvalue weighted by Gasteiger charge is 2.21. The first-order chi connectivity index (χ1) is 5.54. The Balaban J connectivity index is 3.18. The van der Waals surface area contributed by atoms with Crippen LogP contribution in [-0.2, 0) is 4.79 Å². The minimum Gasteiger partial charge on any atom is -0.481 e. The molecule has 0 saturated carbocycles. The zero-order valence-corrected chi connectivity index (χ0v) is 6.75. The Kier molecular flexibility index (Phi) is 2.03. The zero-order valence-electron chi connectivity index (χ0n) is 6.75. The van der Waals surface area contributed by atoms with Crippen molar-refractivity contribution in [1.82, 2.24) is 5.16 Å². The SMILES string of the molecule is Cc1o[nH]c(=O)c1[C@H](C)C(=O)O. The highest BCUT2D eigenvalue weighted by Crippen LogP contribution is 2.14. The van der Waals surface area contributed by atoms with E-state index in [2.05, 4.69) is 9.68 Å². The van der Waals surface area contributed by atoms with Gasteiger partial charge < -0.3 is 9.63 Å². The van der Waals surface area contributed by atoms with Gasteiger partial charge in [-0.15, -0.1) is 0 Å². The highest BCUT2D eigenvalue weighted by atomic mass is 16.5. The normalized spacial score (nSPS) is 12.8. The lowest BCUT2D eigenvalue weighted by Gasteiger charge is -2.00. The predicted octanol–water partition coefficient (Wildman–Crippen LogP) is 0.464. The van der Waals surface area contributed by atoms with Gasteiger partial charge in [0.1, 0.15) is 5.76 Å². The van der Waals surface area contributed by atoms with Crippen molar-refractivity contribution in [3.8, 4) is 0 Å². The number of H-pyrrole nitrogens is 1. The molecule has 5 heteroatoms. The summed E-state index contributed by atoms with van der Waals surface area (Å²) in [6, 6.07) is 0. The van der Waals surface area contributed by atoms with Gasteiger partial charge in [0.15, 0.2) is 0 Å². The average Bonchev–Trinajstić information content (AvgIpc) is 2.30. The first-order valence-electron chi connectivity index (χ1n) is 3.44. The van der Waals surface area contributed by atoms with Crippen LogP contribution < -0.4 is 5.56 Å². The summed E-state index contributed by atoms with van der Waals surface area (Å²) in [5, 5.41) is 10.7. The summed E-state index contributed by atoms with van der Waals surface area (Å²) in [6.07, 6.45) is 0. The van der Waals surface area contributed by atoms with Crippen molar-refractivity contribution in [3.63, 3.8) is 0 Å². The van der Waals surface area contributed by atoms with Crippen molar-refractivity contribution in [3.05, 3.63) is 21.7 Å². The van der Waals surface area contributed by atoms with Crippen molar-refractivity contribution >= 4 is 5.97 Å². The van der Waals surface area contributed by atoms with E-state index in [9.17, 15) is 9.59 Å². The van der Waals surface area contributed by atoms with E-state index in [4.69, 9.17) is 5.11 Å². The Bertz CT molecular complexity index is 349. The lowest BCUT2D eigenvalue weighted by Crippen LogP contribution is -2.16. The van der Waals surface area contributed by atoms with Crippen molar-refractivity contribution < 1.29 is 14.4 Å². The largest absolute Gasteiger partial charge is 0.481 e. The number of nitrogens with one attached hydrogen (secondary N) is 1. The average molecular weight is 171 g/mol. The van der Waals surface area contributed by atoms with Gasteiger partial charge in [-0.1, -0.05) is 0 Å². The van der Waals surface area contributed by atoms with Gasteiger partial charge in [0.2, 0.25) is 0 Å². The highest BCUT2D eigenvalue weighted by molar-refractivity contribution is 5.75. The van der Waals surface area contributed by atoms with E-state index < -0.39 is 17.4 Å². The number of aromatic amines is 1. The summed E-state index contributed by atoms with van der Waals surface area (Å²) >= 11 is 0. The van der Waals surface area contributed by atoms with Crippen LogP contribution in [0.2, 0.25) is 0 Å². The predicted molar refractivity (Wildman–Crippen MR) is 40.1 cm³/mol. The quantitative estimate of drug-likeness (QED) is 0.677. The van der Waals surface area contributed by atoms with E-state index >= 15 is 0 Å². The van der Waals surface area contributed by atoms with Crippen LogP contribution in [0, 0.1) is 6.92 Å². The summed E-state index contributed by atoms with van der Waals surface area (Å²) in [5.74, 6) is -1.53. The summed E-state index contributed by atoms with van der Waals surface area (Å²) in [7, 11) is 0. The first kappa shape index (κ1) is 8.58. The summed E-state index contributed by atoms with van der Waals surface area (Å²) in [6.45, 7) is 2.99. The van der Waals surface area contributed by atoms with Crippen LogP contribution in [0.5, 0.6) is 0 Å². The monoisotopic (exact) mass is 171 g/mol. The zero-order chi connectivity index (χ0) is 9.30. The van der Waals surface area contributed by atoms with Crippen molar-refractivity contribution in [1.29, 1.82) is 0 Å². The van der Waals surface area contributed by atoms with Crippen molar-refractivity contribution in [2.75, 3.05) is 0 Å². The molecule has 0 aliphatic heterocycles. The van der Waals surface area contributed by atoms with E-state index in [1.165, 1.54) is 6.92 Å². The first-order valence-corrected chi connectivity index (χ1v) is 3.44. The second-order valence-corrected chi connectivity index (χ2v) is 2.56. The van der Waals surface area contributed by atoms with Crippen LogP contribution in [0.25, 0.3) is 0 Å². The van der Waals surface area contributed by atoms with Gasteiger partial charge in [-0.2, -0.15) is 5.16 Å². The molecule has 66 valence electrons. The number of hydrogen-bond donors (Lipinski definition) is 2. The number of aromatic nitrogens is 1. The van der Waals surface area contributed by atoms with Crippen molar-refractivity contribution in [2.45, 2.75) is 19.8 Å². The number of rotatable bonds is 2. The van der Waals surface area contributed by atoms with Crippen LogP contribution in [0.3, 0.4) is 0 Å². The fourth-order valence-electron chi connectivity index (χ4n) is 1.02. The van der Waals surface area contributed by atoms with Gasteiger partial charge in [-0.3, -0.25) is 9.59 Å². The van der Waals surface area contributed by atoms with Crippen LogP contribution in [0.1, 0.15) is 24.2 Å². The lowest BCUT2D eigenvalue weighted by atomic mass is 10.0. The molecular formula is C7H9NO4. The van der Waals surface area contributed by atoms with Gasteiger partial charge in [-0.25, -0.2) is 0 Å². The molecule has 0 radical (unpaired) electrons. The molecule has 1 heterocycles. The molecule has 0 aromatic carbocycles. The molecule has 2 N–H and O–H groups in total. The van der Waals surface area contributed by atoms with E-state index in [1.54, 1.807) is 6.92 Å². The third kappa shape index (κ3) is 1.25. The van der Waals surface area contributed by atoms with Gasteiger partial charge in [0.25, 0.3) is 5.56 Å². The van der Waals surface area contributed by atoms with Gasteiger partial charge in [0, 0.05) is 0 Å². The molecule has 1 aromatic heterocycles. The van der Waals surface area contributed by atoms with Gasteiger partial charge in [-0.05, 0) is 13.8 Å². The molecule has 5 nitrogen and oxygen atoms in total. The Labute approximate surface area is 68.0 Å². The Morgan fingerprint density at radius 3 is 2.58 bits per heavy atom. The number of carboxylic acids is 1. The van der Waals surface area contributed by atoms with Crippen LogP contribution in [0.15, 0.2) is 9.32 Å². The molecular weight excluding hydrogens is 162 g/mol. The van der Waals surface area contributed by atoms with E-state index in [-0.39, 0.29) is 5.56 Å². The molecule has 0 spiro atoms. The molecule has 12 heavy (non-hydrogen) atoms. The van der Waals surface area contributed by atoms with E-state index in [1.807, 2.05) is 0 Å². The second-order valence-electron chi connectivity index (χ2n) is 2.56. The van der Waals surface area contributed by atoms with E-state index in [0.717, 1.165) is 0 Å². The number of aliphatic carboxylic acids is 1. The third-order valence-electron chi connectivity index (χ3n) is 1.72. The smallest absolute Gasteiger partial charge is 0.311 e. The van der Waals surface area contributed by atoms with Gasteiger partial charge in [0.05, 0.1) is 11.5 Å². The molecule has 0 aliphatic rings. The standard InChI is InChI=1S/C7H9NO4/c1-3(7(10)11)5-4(2)12-8-6(5)9/h3H,1-2H3,(H,8,9)(H,10,11)/t3-/m0/s1.